The number of carbonyl (C=O) groups excluding carboxylic acids is 1. The van der Waals surface area contributed by atoms with Crippen LogP contribution in [0.5, 0.6) is 0 Å². The van der Waals surface area contributed by atoms with E-state index in [-0.39, 0.29) is 5.91 Å². The van der Waals surface area contributed by atoms with Gasteiger partial charge in [-0.3, -0.25) is 4.79 Å². The van der Waals surface area contributed by atoms with Gasteiger partial charge in [0, 0.05) is 24.5 Å². The minimum absolute atomic E-state index is 0.0194. The van der Waals surface area contributed by atoms with Crippen LogP contribution in [0.4, 0.5) is 11.4 Å². The third-order valence-electron chi connectivity index (χ3n) is 3.83. The molecule has 4 heteroatoms. The van der Waals surface area contributed by atoms with Crippen LogP contribution in [-0.4, -0.2) is 32.1 Å². The zero-order valence-corrected chi connectivity index (χ0v) is 13.0. The van der Waals surface area contributed by atoms with E-state index in [9.17, 15) is 4.79 Å². The summed E-state index contributed by atoms with van der Waals surface area (Å²) in [4.78, 5) is 14.2. The van der Waals surface area contributed by atoms with Crippen molar-refractivity contribution in [3.05, 3.63) is 24.3 Å². The Morgan fingerprint density at radius 1 is 1.10 bits per heavy atom. The molecule has 0 spiro atoms. The number of carbonyl (C=O) groups is 1. The molecule has 0 unspecified atom stereocenters. The van der Waals surface area contributed by atoms with Crippen molar-refractivity contribution in [1.29, 1.82) is 0 Å². The summed E-state index contributed by atoms with van der Waals surface area (Å²) in [7, 11) is 0. The maximum atomic E-state index is 11.7. The van der Waals surface area contributed by atoms with Crippen molar-refractivity contribution in [2.45, 2.75) is 39.0 Å². The molecule has 1 aliphatic rings. The first-order valence-electron chi connectivity index (χ1n) is 8.15. The summed E-state index contributed by atoms with van der Waals surface area (Å²) in [6.07, 6.45) is 6.28. The Labute approximate surface area is 127 Å². The van der Waals surface area contributed by atoms with Crippen LogP contribution in [0.25, 0.3) is 0 Å². The van der Waals surface area contributed by atoms with Gasteiger partial charge in [0.05, 0.1) is 6.54 Å². The average molecular weight is 289 g/mol. The van der Waals surface area contributed by atoms with Crippen LogP contribution < -0.4 is 15.5 Å². The number of benzene rings is 1. The van der Waals surface area contributed by atoms with Crippen molar-refractivity contribution in [2.75, 3.05) is 36.4 Å². The summed E-state index contributed by atoms with van der Waals surface area (Å²) in [5, 5.41) is 6.03. The number of amides is 1. The van der Waals surface area contributed by atoms with E-state index in [4.69, 9.17) is 0 Å². The summed E-state index contributed by atoms with van der Waals surface area (Å²) in [5.74, 6) is 0.0194. The van der Waals surface area contributed by atoms with E-state index >= 15 is 0 Å². The summed E-state index contributed by atoms with van der Waals surface area (Å²) in [6.45, 7) is 5.63. The molecule has 0 atom stereocenters. The lowest BCUT2D eigenvalue weighted by Gasteiger charge is -2.22. The predicted molar refractivity (Wildman–Crippen MR) is 88.9 cm³/mol. The fourth-order valence-corrected chi connectivity index (χ4v) is 2.67. The molecule has 1 saturated heterocycles. The maximum absolute atomic E-state index is 11.7. The van der Waals surface area contributed by atoms with Gasteiger partial charge in [0.25, 0.3) is 0 Å². The third kappa shape index (κ3) is 5.38. The average Bonchev–Trinajstić information content (AvgIpc) is 2.77. The smallest absolute Gasteiger partial charge is 0.238 e. The van der Waals surface area contributed by atoms with Gasteiger partial charge in [-0.05, 0) is 50.1 Å². The Kier molecular flexibility index (Phi) is 6.54. The molecule has 0 aromatic heterocycles. The monoisotopic (exact) mass is 289 g/mol. The molecule has 2 N–H and O–H groups in total. The molecule has 1 heterocycles. The van der Waals surface area contributed by atoms with Crippen molar-refractivity contribution < 1.29 is 4.79 Å². The van der Waals surface area contributed by atoms with Gasteiger partial charge in [0.1, 0.15) is 0 Å². The van der Waals surface area contributed by atoms with Gasteiger partial charge < -0.3 is 15.5 Å². The predicted octanol–water partition coefficient (Wildman–Crippen LogP) is 3.01. The van der Waals surface area contributed by atoms with Crippen LogP contribution >= 0.6 is 0 Å². The number of nitrogens with one attached hydrogen (secondary N) is 2. The quantitative estimate of drug-likeness (QED) is 0.791. The molecule has 21 heavy (non-hydrogen) atoms. The van der Waals surface area contributed by atoms with Crippen LogP contribution in [0.3, 0.4) is 0 Å². The standard InChI is InChI=1S/C17H27N3O/c1-2-11-18-14-17(21)19-15-7-9-16(10-8-15)20-12-5-3-4-6-13-20/h7-10,18H,2-6,11-14H2,1H3,(H,19,21). The first kappa shape index (κ1) is 15.8. The molecule has 116 valence electrons. The highest BCUT2D eigenvalue weighted by atomic mass is 16.1. The van der Waals surface area contributed by atoms with Gasteiger partial charge in [-0.15, -0.1) is 0 Å². The minimum atomic E-state index is 0.0194. The molecule has 1 amide bonds. The number of rotatable bonds is 6. The Morgan fingerprint density at radius 2 is 1.76 bits per heavy atom. The topological polar surface area (TPSA) is 44.4 Å². The molecule has 0 saturated carbocycles. The Bertz CT molecular complexity index is 422. The molecule has 2 rings (SSSR count). The second kappa shape index (κ2) is 8.67. The van der Waals surface area contributed by atoms with Crippen molar-refractivity contribution in [3.8, 4) is 0 Å². The first-order chi connectivity index (χ1) is 10.3. The van der Waals surface area contributed by atoms with Crippen LogP contribution in [0.15, 0.2) is 24.3 Å². The maximum Gasteiger partial charge on any atom is 0.238 e. The van der Waals surface area contributed by atoms with Crippen LogP contribution in [0, 0.1) is 0 Å². The van der Waals surface area contributed by atoms with E-state index in [2.05, 4.69) is 34.6 Å². The molecule has 1 aromatic rings. The van der Waals surface area contributed by atoms with Crippen molar-refractivity contribution in [2.24, 2.45) is 0 Å². The largest absolute Gasteiger partial charge is 0.372 e. The molecule has 1 aromatic carbocycles. The lowest BCUT2D eigenvalue weighted by atomic mass is 10.2. The van der Waals surface area contributed by atoms with Crippen LogP contribution in [0.2, 0.25) is 0 Å². The SMILES string of the molecule is CCCNCC(=O)Nc1ccc(N2CCCCCC2)cc1. The van der Waals surface area contributed by atoms with E-state index < -0.39 is 0 Å². The fourth-order valence-electron chi connectivity index (χ4n) is 2.67. The highest BCUT2D eigenvalue weighted by Gasteiger charge is 2.10. The van der Waals surface area contributed by atoms with E-state index in [0.717, 1.165) is 31.7 Å². The van der Waals surface area contributed by atoms with Gasteiger partial charge in [0.15, 0.2) is 0 Å². The number of anilines is 2. The van der Waals surface area contributed by atoms with Gasteiger partial charge in [-0.2, -0.15) is 0 Å². The second-order valence-corrected chi connectivity index (χ2v) is 5.67. The fraction of sp³-hybridized carbons (Fsp3) is 0.588. The van der Waals surface area contributed by atoms with Gasteiger partial charge in [-0.1, -0.05) is 19.8 Å². The number of hydrogen-bond donors (Lipinski definition) is 2. The number of nitrogens with zero attached hydrogens (tertiary/aromatic N) is 1. The zero-order valence-electron chi connectivity index (χ0n) is 13.0. The van der Waals surface area contributed by atoms with Crippen LogP contribution in [-0.2, 0) is 4.79 Å². The Morgan fingerprint density at radius 3 is 2.38 bits per heavy atom. The zero-order chi connectivity index (χ0) is 14.9. The molecule has 1 aliphatic heterocycles. The molecule has 0 aliphatic carbocycles. The highest BCUT2D eigenvalue weighted by Crippen LogP contribution is 2.21. The normalized spacial score (nSPS) is 15.6. The van der Waals surface area contributed by atoms with Crippen molar-refractivity contribution >= 4 is 17.3 Å². The molecule has 1 fully saturated rings. The van der Waals surface area contributed by atoms with Gasteiger partial charge in [0.2, 0.25) is 5.91 Å². The first-order valence-corrected chi connectivity index (χ1v) is 8.15. The third-order valence-corrected chi connectivity index (χ3v) is 3.83. The Balaban J connectivity index is 1.84. The summed E-state index contributed by atoms with van der Waals surface area (Å²) in [6, 6.07) is 8.22. The number of hydrogen-bond acceptors (Lipinski definition) is 3. The molecular weight excluding hydrogens is 262 g/mol. The van der Waals surface area contributed by atoms with E-state index in [0.29, 0.717) is 6.54 Å². The van der Waals surface area contributed by atoms with Crippen molar-refractivity contribution in [3.63, 3.8) is 0 Å². The highest BCUT2D eigenvalue weighted by molar-refractivity contribution is 5.92. The van der Waals surface area contributed by atoms with Gasteiger partial charge >= 0.3 is 0 Å². The molecule has 4 nitrogen and oxygen atoms in total. The van der Waals surface area contributed by atoms with Crippen LogP contribution in [0.1, 0.15) is 39.0 Å². The van der Waals surface area contributed by atoms with E-state index in [1.165, 1.54) is 31.4 Å². The lowest BCUT2D eigenvalue weighted by molar-refractivity contribution is -0.115. The Hall–Kier alpha value is -1.55. The van der Waals surface area contributed by atoms with Gasteiger partial charge in [-0.25, -0.2) is 0 Å². The minimum Gasteiger partial charge on any atom is -0.372 e. The van der Waals surface area contributed by atoms with E-state index in [1.807, 2.05) is 12.1 Å². The second-order valence-electron chi connectivity index (χ2n) is 5.67. The molecule has 0 radical (unpaired) electrons. The van der Waals surface area contributed by atoms with E-state index in [1.54, 1.807) is 0 Å². The summed E-state index contributed by atoms with van der Waals surface area (Å²) in [5.41, 5.74) is 2.14. The summed E-state index contributed by atoms with van der Waals surface area (Å²) < 4.78 is 0. The molecule has 0 bridgehead atoms. The lowest BCUT2D eigenvalue weighted by Crippen LogP contribution is -2.28. The van der Waals surface area contributed by atoms with Crippen molar-refractivity contribution in [1.82, 2.24) is 5.32 Å². The summed E-state index contributed by atoms with van der Waals surface area (Å²) >= 11 is 0. The molecular formula is C17H27N3O.